The molecule has 54 heavy (non-hydrogen) atoms. The summed E-state index contributed by atoms with van der Waals surface area (Å²) in [5, 5.41) is 24.1. The first-order chi connectivity index (χ1) is 26.7. The Morgan fingerprint density at radius 3 is 1.70 bits per heavy atom. The molecule has 0 saturated carbocycles. The van der Waals surface area contributed by atoms with Crippen molar-refractivity contribution in [1.82, 2.24) is 9.13 Å². The van der Waals surface area contributed by atoms with Gasteiger partial charge in [-0.15, -0.1) is 0 Å². The summed E-state index contributed by atoms with van der Waals surface area (Å²) in [4.78, 5) is 0. The fourth-order valence-corrected chi connectivity index (χ4v) is 8.25. The van der Waals surface area contributed by atoms with E-state index in [4.69, 9.17) is 0 Å². The van der Waals surface area contributed by atoms with Crippen LogP contribution in [0.15, 0.2) is 182 Å². The molecule has 0 spiro atoms. The number of para-hydroxylation sites is 3. The molecule has 0 aliphatic carbocycles. The number of benzene rings is 8. The number of hydrogen-bond acceptors (Lipinski definition) is 2. The Kier molecular flexibility index (Phi) is 7.22. The molecule has 2 aromatic heterocycles. The Hall–Kier alpha value is -7.66. The van der Waals surface area contributed by atoms with Gasteiger partial charge in [0.2, 0.25) is 0 Å². The summed E-state index contributed by atoms with van der Waals surface area (Å²) < 4.78 is 4.60. The molecule has 0 unspecified atom stereocenters. The van der Waals surface area contributed by atoms with Gasteiger partial charge in [0, 0.05) is 38.5 Å². The zero-order chi connectivity index (χ0) is 36.2. The van der Waals surface area contributed by atoms with Crippen molar-refractivity contribution in [3.8, 4) is 56.9 Å². The Labute approximate surface area is 312 Å². The maximum atomic E-state index is 9.83. The first kappa shape index (κ1) is 31.1. The molecule has 0 radical (unpaired) electrons. The zero-order valence-electron chi connectivity index (χ0n) is 29.1. The van der Waals surface area contributed by atoms with Gasteiger partial charge in [-0.2, -0.15) is 10.5 Å². The van der Waals surface area contributed by atoms with Gasteiger partial charge in [-0.25, -0.2) is 0 Å². The van der Waals surface area contributed by atoms with Crippen LogP contribution in [0, 0.1) is 22.7 Å². The van der Waals surface area contributed by atoms with Gasteiger partial charge in [0.05, 0.1) is 45.3 Å². The van der Waals surface area contributed by atoms with Gasteiger partial charge >= 0.3 is 0 Å². The van der Waals surface area contributed by atoms with Crippen molar-refractivity contribution in [2.75, 3.05) is 0 Å². The van der Waals surface area contributed by atoms with E-state index in [-0.39, 0.29) is 0 Å². The molecule has 10 rings (SSSR count). The number of fused-ring (bicyclic) bond motifs is 6. The van der Waals surface area contributed by atoms with Crippen LogP contribution >= 0.6 is 0 Å². The SMILES string of the molecule is N#Cc1cccc(-n2c3ccccc3c3ccc(-c4ccccc4-c4ccccc4-c4cccc5c6cc(C#N)ccc6n(-c6ccccc6)c45)cc32)c1. The summed E-state index contributed by atoms with van der Waals surface area (Å²) in [6.07, 6.45) is 0. The predicted molar refractivity (Wildman–Crippen MR) is 221 cm³/mol. The smallest absolute Gasteiger partial charge is 0.0992 e. The maximum absolute atomic E-state index is 9.83. The van der Waals surface area contributed by atoms with Crippen LogP contribution in [0.5, 0.6) is 0 Å². The Bertz CT molecular complexity index is 3190. The highest BCUT2D eigenvalue weighted by molar-refractivity contribution is 6.15. The first-order valence-electron chi connectivity index (χ1n) is 18.0. The number of rotatable bonds is 5. The van der Waals surface area contributed by atoms with E-state index in [0.717, 1.165) is 83.0 Å². The second-order valence-corrected chi connectivity index (χ2v) is 13.6. The molecular weight excluding hydrogens is 657 g/mol. The monoisotopic (exact) mass is 686 g/mol. The highest BCUT2D eigenvalue weighted by atomic mass is 15.0. The highest BCUT2D eigenvalue weighted by Crippen LogP contribution is 2.44. The minimum atomic E-state index is 0.628. The van der Waals surface area contributed by atoms with Crippen LogP contribution in [0.2, 0.25) is 0 Å². The molecule has 8 aromatic carbocycles. The summed E-state index contributed by atoms with van der Waals surface area (Å²) in [7, 11) is 0. The predicted octanol–water partition coefficient (Wildman–Crippen LogP) is 12.6. The van der Waals surface area contributed by atoms with Crippen LogP contribution < -0.4 is 0 Å². The van der Waals surface area contributed by atoms with Crippen molar-refractivity contribution >= 4 is 43.6 Å². The standard InChI is InChI=1S/C50H30N4/c51-31-33-12-10-15-37(28-33)53-47-23-9-8-20-42(47)43-26-25-35(30-49(43)53)38-16-4-5-17-39(38)40-18-6-7-19-41(40)44-21-11-22-45-46-29-34(32-52)24-27-48(46)54(50(44)45)36-13-2-1-3-14-36/h1-30H. The van der Waals surface area contributed by atoms with Gasteiger partial charge in [0.15, 0.2) is 0 Å². The van der Waals surface area contributed by atoms with Crippen LogP contribution in [0.25, 0.3) is 88.4 Å². The summed E-state index contributed by atoms with van der Waals surface area (Å²) >= 11 is 0. The second-order valence-electron chi connectivity index (χ2n) is 13.6. The molecule has 0 saturated heterocycles. The highest BCUT2D eigenvalue weighted by Gasteiger charge is 2.21. The molecule has 10 aromatic rings. The van der Waals surface area contributed by atoms with Crippen molar-refractivity contribution in [1.29, 1.82) is 10.5 Å². The first-order valence-corrected chi connectivity index (χ1v) is 18.0. The molecule has 2 heterocycles. The number of aromatic nitrogens is 2. The third-order valence-corrected chi connectivity index (χ3v) is 10.6. The van der Waals surface area contributed by atoms with Crippen LogP contribution in [-0.4, -0.2) is 9.13 Å². The van der Waals surface area contributed by atoms with Crippen molar-refractivity contribution < 1.29 is 0 Å². The summed E-state index contributed by atoms with van der Waals surface area (Å²) in [5.74, 6) is 0. The molecule has 4 nitrogen and oxygen atoms in total. The van der Waals surface area contributed by atoms with Gasteiger partial charge in [0.1, 0.15) is 0 Å². The second kappa shape index (κ2) is 12.5. The van der Waals surface area contributed by atoms with E-state index < -0.39 is 0 Å². The average Bonchev–Trinajstić information content (AvgIpc) is 3.76. The lowest BCUT2D eigenvalue weighted by atomic mass is 9.88. The Morgan fingerprint density at radius 2 is 0.907 bits per heavy atom. The zero-order valence-corrected chi connectivity index (χ0v) is 29.1. The number of nitrogens with zero attached hydrogens (tertiary/aromatic N) is 4. The van der Waals surface area contributed by atoms with Crippen LogP contribution in [0.4, 0.5) is 0 Å². The minimum Gasteiger partial charge on any atom is -0.309 e. The topological polar surface area (TPSA) is 57.4 Å². The number of nitriles is 2. The van der Waals surface area contributed by atoms with Crippen LogP contribution in [0.1, 0.15) is 11.1 Å². The third-order valence-electron chi connectivity index (χ3n) is 10.6. The van der Waals surface area contributed by atoms with Gasteiger partial charge < -0.3 is 9.13 Å². The van der Waals surface area contributed by atoms with E-state index in [1.807, 2.05) is 36.4 Å². The summed E-state index contributed by atoms with van der Waals surface area (Å²) in [6.45, 7) is 0. The molecule has 0 atom stereocenters. The number of hydrogen-bond donors (Lipinski definition) is 0. The van der Waals surface area contributed by atoms with E-state index in [0.29, 0.717) is 11.1 Å². The van der Waals surface area contributed by atoms with E-state index in [1.54, 1.807) is 0 Å². The Morgan fingerprint density at radius 1 is 0.333 bits per heavy atom. The summed E-state index contributed by atoms with van der Waals surface area (Å²) in [5.41, 5.74) is 14.4. The molecule has 250 valence electrons. The quantitative estimate of drug-likeness (QED) is 0.181. The molecule has 0 fully saturated rings. The lowest BCUT2D eigenvalue weighted by molar-refractivity contribution is 1.18. The van der Waals surface area contributed by atoms with Crippen molar-refractivity contribution in [3.05, 3.63) is 193 Å². The molecule has 0 aliphatic heterocycles. The van der Waals surface area contributed by atoms with E-state index >= 15 is 0 Å². The normalized spacial score (nSPS) is 11.3. The van der Waals surface area contributed by atoms with E-state index in [1.165, 1.54) is 5.39 Å². The fourth-order valence-electron chi connectivity index (χ4n) is 8.25. The third kappa shape index (κ3) is 4.83. The maximum Gasteiger partial charge on any atom is 0.0992 e. The average molecular weight is 687 g/mol. The summed E-state index contributed by atoms with van der Waals surface area (Å²) in [6, 6.07) is 68.0. The molecule has 0 bridgehead atoms. The van der Waals surface area contributed by atoms with Crippen molar-refractivity contribution in [2.24, 2.45) is 0 Å². The van der Waals surface area contributed by atoms with Crippen molar-refractivity contribution in [3.63, 3.8) is 0 Å². The van der Waals surface area contributed by atoms with Crippen molar-refractivity contribution in [2.45, 2.75) is 0 Å². The van der Waals surface area contributed by atoms with Gasteiger partial charge in [-0.05, 0) is 88.5 Å². The fraction of sp³-hybridized carbons (Fsp3) is 0. The molecule has 0 aliphatic rings. The van der Waals surface area contributed by atoms with E-state index in [9.17, 15) is 10.5 Å². The minimum absolute atomic E-state index is 0.628. The van der Waals surface area contributed by atoms with E-state index in [2.05, 4.69) is 167 Å². The van der Waals surface area contributed by atoms with Gasteiger partial charge in [0.25, 0.3) is 0 Å². The lowest BCUT2D eigenvalue weighted by Gasteiger charge is -2.17. The van der Waals surface area contributed by atoms with Gasteiger partial charge in [-0.1, -0.05) is 121 Å². The lowest BCUT2D eigenvalue weighted by Crippen LogP contribution is -1.96. The molecular formula is C50H30N4. The van der Waals surface area contributed by atoms with Crippen LogP contribution in [-0.2, 0) is 0 Å². The molecule has 0 amide bonds. The molecule has 4 heteroatoms. The van der Waals surface area contributed by atoms with Gasteiger partial charge in [-0.3, -0.25) is 0 Å². The largest absolute Gasteiger partial charge is 0.309 e. The Balaban J connectivity index is 1.21. The molecule has 0 N–H and O–H groups in total. The van der Waals surface area contributed by atoms with Crippen LogP contribution in [0.3, 0.4) is 0 Å².